The van der Waals surface area contributed by atoms with E-state index in [1.165, 1.54) is 5.56 Å². The van der Waals surface area contributed by atoms with Gasteiger partial charge in [0.2, 0.25) is 5.91 Å². The van der Waals surface area contributed by atoms with Crippen molar-refractivity contribution in [2.24, 2.45) is 11.8 Å². The number of hydrogen-bond donors (Lipinski definition) is 0. The average molecular weight is 323 g/mol. The summed E-state index contributed by atoms with van der Waals surface area (Å²) in [6, 6.07) is 18.3. The summed E-state index contributed by atoms with van der Waals surface area (Å²) in [6.45, 7) is 9.47. The first-order valence-corrected chi connectivity index (χ1v) is 8.89. The molecule has 0 radical (unpaired) electrons. The van der Waals surface area contributed by atoms with Gasteiger partial charge in [-0.3, -0.25) is 4.79 Å². The minimum absolute atomic E-state index is 0.172. The molecule has 0 aliphatic heterocycles. The lowest BCUT2D eigenvalue weighted by Crippen LogP contribution is -2.35. The molecule has 24 heavy (non-hydrogen) atoms. The largest absolute Gasteiger partial charge is 0.312 e. The zero-order valence-electron chi connectivity index (χ0n) is 15.3. The Morgan fingerprint density at radius 1 is 0.833 bits per heavy atom. The van der Waals surface area contributed by atoms with Gasteiger partial charge in [-0.1, -0.05) is 70.2 Å². The summed E-state index contributed by atoms with van der Waals surface area (Å²) in [6.07, 6.45) is 1.48. The van der Waals surface area contributed by atoms with Gasteiger partial charge in [0.25, 0.3) is 0 Å². The van der Waals surface area contributed by atoms with E-state index in [0.29, 0.717) is 18.3 Å². The van der Waals surface area contributed by atoms with Crippen LogP contribution in [0.1, 0.15) is 38.8 Å². The van der Waals surface area contributed by atoms with Crippen LogP contribution in [0.3, 0.4) is 0 Å². The molecule has 0 atom stereocenters. The molecule has 0 aliphatic rings. The molecule has 0 spiro atoms. The fourth-order valence-corrected chi connectivity index (χ4v) is 2.95. The van der Waals surface area contributed by atoms with E-state index in [0.717, 1.165) is 24.2 Å². The molecule has 0 fully saturated rings. The minimum Gasteiger partial charge on any atom is -0.312 e. The summed E-state index contributed by atoms with van der Waals surface area (Å²) in [7, 11) is 0. The van der Waals surface area contributed by atoms with Crippen molar-refractivity contribution in [2.75, 3.05) is 11.4 Å². The van der Waals surface area contributed by atoms with Gasteiger partial charge in [0.1, 0.15) is 0 Å². The Bertz CT molecular complexity index is 646. The summed E-state index contributed by atoms with van der Waals surface area (Å²) >= 11 is 0. The van der Waals surface area contributed by atoms with Gasteiger partial charge in [0, 0.05) is 12.2 Å². The second-order valence-electron chi connectivity index (χ2n) is 7.28. The molecule has 1 amide bonds. The lowest BCUT2D eigenvalue weighted by atomic mass is 9.96. The van der Waals surface area contributed by atoms with Gasteiger partial charge in [-0.15, -0.1) is 0 Å². The Kier molecular flexibility index (Phi) is 6.60. The number of anilines is 1. The number of amides is 1. The molecule has 2 aromatic carbocycles. The first kappa shape index (κ1) is 18.3. The van der Waals surface area contributed by atoms with E-state index in [2.05, 4.69) is 45.9 Å². The molecule has 128 valence electrons. The molecule has 2 heteroatoms. The van der Waals surface area contributed by atoms with Gasteiger partial charge in [-0.05, 0) is 41.5 Å². The molecule has 2 aromatic rings. The standard InChI is InChI=1S/C22H29NO/c1-17(2)14-19-10-8-9-11-20(19)15-22(24)23(16-18(3)4)21-12-6-5-7-13-21/h5-13,17-18H,14-16H2,1-4H3. The van der Waals surface area contributed by atoms with Gasteiger partial charge in [0.15, 0.2) is 0 Å². The van der Waals surface area contributed by atoms with E-state index < -0.39 is 0 Å². The second-order valence-corrected chi connectivity index (χ2v) is 7.28. The van der Waals surface area contributed by atoms with E-state index in [9.17, 15) is 4.79 Å². The zero-order chi connectivity index (χ0) is 17.5. The number of carbonyl (C=O) groups excluding carboxylic acids is 1. The molecule has 0 N–H and O–H groups in total. The van der Waals surface area contributed by atoms with Crippen molar-refractivity contribution >= 4 is 11.6 Å². The van der Waals surface area contributed by atoms with Gasteiger partial charge < -0.3 is 4.90 Å². The van der Waals surface area contributed by atoms with E-state index in [1.807, 2.05) is 41.3 Å². The summed E-state index contributed by atoms with van der Waals surface area (Å²) in [4.78, 5) is 14.9. The van der Waals surface area contributed by atoms with Crippen LogP contribution in [-0.2, 0) is 17.6 Å². The summed E-state index contributed by atoms with van der Waals surface area (Å²) in [5.41, 5.74) is 3.43. The second kappa shape index (κ2) is 8.68. The van der Waals surface area contributed by atoms with Crippen molar-refractivity contribution in [1.82, 2.24) is 0 Å². The Morgan fingerprint density at radius 2 is 1.42 bits per heavy atom. The van der Waals surface area contributed by atoms with E-state index in [1.54, 1.807) is 0 Å². The van der Waals surface area contributed by atoms with Crippen molar-refractivity contribution in [2.45, 2.75) is 40.5 Å². The number of hydrogen-bond acceptors (Lipinski definition) is 1. The van der Waals surface area contributed by atoms with Crippen LogP contribution in [0.15, 0.2) is 54.6 Å². The van der Waals surface area contributed by atoms with Crippen molar-refractivity contribution in [3.05, 3.63) is 65.7 Å². The molecule has 0 saturated heterocycles. The molecule has 0 unspecified atom stereocenters. The fourth-order valence-electron chi connectivity index (χ4n) is 2.95. The third-order valence-corrected chi connectivity index (χ3v) is 4.00. The molecular formula is C22H29NO. The molecule has 2 rings (SSSR count). The highest BCUT2D eigenvalue weighted by Crippen LogP contribution is 2.20. The Morgan fingerprint density at radius 3 is 2.00 bits per heavy atom. The van der Waals surface area contributed by atoms with Crippen LogP contribution in [0.25, 0.3) is 0 Å². The van der Waals surface area contributed by atoms with Crippen LogP contribution in [0.5, 0.6) is 0 Å². The molecule has 0 bridgehead atoms. The summed E-state index contributed by atoms with van der Waals surface area (Å²) in [5, 5.41) is 0. The van der Waals surface area contributed by atoms with E-state index in [4.69, 9.17) is 0 Å². The third-order valence-electron chi connectivity index (χ3n) is 4.00. The van der Waals surface area contributed by atoms with Crippen molar-refractivity contribution < 1.29 is 4.79 Å². The van der Waals surface area contributed by atoms with Crippen molar-refractivity contribution in [3.63, 3.8) is 0 Å². The maximum absolute atomic E-state index is 13.0. The highest BCUT2D eigenvalue weighted by Gasteiger charge is 2.18. The number of carbonyl (C=O) groups is 1. The Hall–Kier alpha value is -2.09. The summed E-state index contributed by atoms with van der Waals surface area (Å²) < 4.78 is 0. The minimum atomic E-state index is 0.172. The smallest absolute Gasteiger partial charge is 0.231 e. The number of para-hydroxylation sites is 1. The predicted molar refractivity (Wildman–Crippen MR) is 102 cm³/mol. The first-order valence-electron chi connectivity index (χ1n) is 8.89. The van der Waals surface area contributed by atoms with Crippen LogP contribution >= 0.6 is 0 Å². The van der Waals surface area contributed by atoms with Crippen LogP contribution in [0, 0.1) is 11.8 Å². The van der Waals surface area contributed by atoms with Gasteiger partial charge >= 0.3 is 0 Å². The van der Waals surface area contributed by atoms with Crippen molar-refractivity contribution in [1.29, 1.82) is 0 Å². The maximum Gasteiger partial charge on any atom is 0.231 e. The Labute approximate surface area is 146 Å². The lowest BCUT2D eigenvalue weighted by molar-refractivity contribution is -0.118. The summed E-state index contributed by atoms with van der Waals surface area (Å²) in [5.74, 6) is 1.19. The topological polar surface area (TPSA) is 20.3 Å². The van der Waals surface area contributed by atoms with Crippen LogP contribution in [0.4, 0.5) is 5.69 Å². The molecule has 0 heterocycles. The average Bonchev–Trinajstić information content (AvgIpc) is 2.54. The lowest BCUT2D eigenvalue weighted by Gasteiger charge is -2.25. The third kappa shape index (κ3) is 5.23. The monoisotopic (exact) mass is 323 g/mol. The zero-order valence-corrected chi connectivity index (χ0v) is 15.3. The fraction of sp³-hybridized carbons (Fsp3) is 0.409. The van der Waals surface area contributed by atoms with Crippen LogP contribution < -0.4 is 4.90 Å². The SMILES string of the molecule is CC(C)Cc1ccccc1CC(=O)N(CC(C)C)c1ccccc1. The van der Waals surface area contributed by atoms with Crippen LogP contribution in [0.2, 0.25) is 0 Å². The maximum atomic E-state index is 13.0. The normalized spacial score (nSPS) is 11.1. The van der Waals surface area contributed by atoms with Gasteiger partial charge in [-0.2, -0.15) is 0 Å². The quantitative estimate of drug-likeness (QED) is 0.693. The van der Waals surface area contributed by atoms with E-state index >= 15 is 0 Å². The van der Waals surface area contributed by atoms with Gasteiger partial charge in [-0.25, -0.2) is 0 Å². The highest BCUT2D eigenvalue weighted by molar-refractivity contribution is 5.94. The molecule has 2 nitrogen and oxygen atoms in total. The molecule has 0 aromatic heterocycles. The number of nitrogens with zero attached hydrogens (tertiary/aromatic N) is 1. The molecule has 0 aliphatic carbocycles. The van der Waals surface area contributed by atoms with Gasteiger partial charge in [0.05, 0.1) is 6.42 Å². The predicted octanol–water partition coefficient (Wildman–Crippen LogP) is 5.12. The number of benzene rings is 2. The molecular weight excluding hydrogens is 294 g/mol. The van der Waals surface area contributed by atoms with Crippen molar-refractivity contribution in [3.8, 4) is 0 Å². The highest BCUT2D eigenvalue weighted by atomic mass is 16.2. The first-order chi connectivity index (χ1) is 11.5. The Balaban J connectivity index is 2.22. The molecule has 0 saturated carbocycles. The number of rotatable bonds is 7. The van der Waals surface area contributed by atoms with Crippen LogP contribution in [-0.4, -0.2) is 12.5 Å². The van der Waals surface area contributed by atoms with E-state index in [-0.39, 0.29) is 5.91 Å².